The summed E-state index contributed by atoms with van der Waals surface area (Å²) in [6, 6.07) is 8.23. The fraction of sp³-hybridized carbons (Fsp3) is 0.529. The van der Waals surface area contributed by atoms with Crippen LogP contribution in [0.25, 0.3) is 0 Å². The predicted molar refractivity (Wildman–Crippen MR) is 101 cm³/mol. The molecule has 2 aliphatic rings. The lowest BCUT2D eigenvalue weighted by Crippen LogP contribution is -2.34. The number of rotatable bonds is 3. The summed E-state index contributed by atoms with van der Waals surface area (Å²) in [4.78, 5) is 2.53. The second kappa shape index (κ2) is 8.19. The summed E-state index contributed by atoms with van der Waals surface area (Å²) in [5.41, 5.74) is 8.04. The molecule has 3 heterocycles. The van der Waals surface area contributed by atoms with Crippen molar-refractivity contribution in [2.75, 3.05) is 18.8 Å². The largest absolute Gasteiger partial charge is 0.399 e. The molecule has 132 valence electrons. The van der Waals surface area contributed by atoms with Crippen molar-refractivity contribution in [1.29, 1.82) is 0 Å². The number of anilines is 1. The summed E-state index contributed by atoms with van der Waals surface area (Å²) >= 11 is 0. The summed E-state index contributed by atoms with van der Waals surface area (Å²) in [6.45, 7) is 4.31. The Bertz CT molecular complexity index is 673. The fourth-order valence-corrected chi connectivity index (χ4v) is 3.83. The molecule has 2 aromatic rings. The van der Waals surface area contributed by atoms with E-state index in [-0.39, 0.29) is 24.8 Å². The van der Waals surface area contributed by atoms with Gasteiger partial charge in [-0.3, -0.25) is 4.90 Å². The minimum Gasteiger partial charge on any atom is -0.399 e. The van der Waals surface area contributed by atoms with E-state index in [1.165, 1.54) is 36.5 Å². The van der Waals surface area contributed by atoms with Crippen molar-refractivity contribution in [3.63, 3.8) is 0 Å². The molecule has 2 aliphatic heterocycles. The van der Waals surface area contributed by atoms with E-state index in [1.807, 2.05) is 12.1 Å². The van der Waals surface area contributed by atoms with Crippen LogP contribution in [0, 0.1) is 0 Å². The number of hydrogen-bond donors (Lipinski definition) is 1. The van der Waals surface area contributed by atoms with Crippen LogP contribution >= 0.6 is 24.8 Å². The summed E-state index contributed by atoms with van der Waals surface area (Å²) in [5.74, 6) is 2.92. The Hall–Kier alpha value is -1.30. The molecule has 0 saturated carbocycles. The fourth-order valence-electron chi connectivity index (χ4n) is 3.83. The summed E-state index contributed by atoms with van der Waals surface area (Å²) in [6.07, 6.45) is 4.77. The Morgan fingerprint density at radius 1 is 1.12 bits per heavy atom. The molecule has 1 aromatic heterocycles. The maximum absolute atomic E-state index is 5.89. The van der Waals surface area contributed by atoms with Gasteiger partial charge in [0.1, 0.15) is 11.6 Å². The van der Waals surface area contributed by atoms with Crippen LogP contribution in [0.2, 0.25) is 0 Å². The summed E-state index contributed by atoms with van der Waals surface area (Å²) in [7, 11) is 0. The van der Waals surface area contributed by atoms with Gasteiger partial charge in [-0.15, -0.1) is 35.0 Å². The molecule has 0 radical (unpaired) electrons. The van der Waals surface area contributed by atoms with Crippen LogP contribution < -0.4 is 5.73 Å². The average Bonchev–Trinajstić information content (AvgIpc) is 3.10. The first-order chi connectivity index (χ1) is 10.8. The van der Waals surface area contributed by atoms with Crippen molar-refractivity contribution < 1.29 is 0 Å². The predicted octanol–water partition coefficient (Wildman–Crippen LogP) is 3.03. The molecule has 0 bridgehead atoms. The Morgan fingerprint density at radius 2 is 2.00 bits per heavy atom. The number of fused-ring (bicyclic) bond motifs is 1. The van der Waals surface area contributed by atoms with Gasteiger partial charge in [-0.05, 0) is 43.5 Å². The van der Waals surface area contributed by atoms with E-state index in [1.54, 1.807) is 0 Å². The van der Waals surface area contributed by atoms with Crippen molar-refractivity contribution in [2.45, 2.75) is 44.7 Å². The van der Waals surface area contributed by atoms with Gasteiger partial charge in [0.2, 0.25) is 0 Å². The Balaban J connectivity index is 0.00000104. The second-order valence-electron chi connectivity index (χ2n) is 6.55. The highest BCUT2D eigenvalue weighted by Crippen LogP contribution is 2.29. The molecular formula is C17H25Cl2N5. The number of hydrogen-bond acceptors (Lipinski definition) is 4. The Kier molecular flexibility index (Phi) is 6.49. The Morgan fingerprint density at radius 3 is 2.83 bits per heavy atom. The highest BCUT2D eigenvalue weighted by Gasteiger charge is 2.28. The number of aryl methyl sites for hydroxylation is 1. The molecule has 0 spiro atoms. The van der Waals surface area contributed by atoms with Crippen LogP contribution in [-0.4, -0.2) is 32.8 Å². The molecule has 1 saturated heterocycles. The molecule has 7 heteroatoms. The third-order valence-corrected chi connectivity index (χ3v) is 4.87. The van der Waals surface area contributed by atoms with Gasteiger partial charge < -0.3 is 10.3 Å². The van der Waals surface area contributed by atoms with E-state index in [2.05, 4.69) is 31.8 Å². The minimum absolute atomic E-state index is 0. The van der Waals surface area contributed by atoms with Gasteiger partial charge in [0.05, 0.1) is 0 Å². The normalized spacial score (nSPS) is 20.1. The van der Waals surface area contributed by atoms with Crippen LogP contribution in [0.5, 0.6) is 0 Å². The van der Waals surface area contributed by atoms with Gasteiger partial charge >= 0.3 is 0 Å². The minimum atomic E-state index is 0. The zero-order valence-corrected chi connectivity index (χ0v) is 15.4. The highest BCUT2D eigenvalue weighted by molar-refractivity contribution is 5.85. The quantitative estimate of drug-likeness (QED) is 0.844. The molecule has 4 rings (SSSR count). The standard InChI is InChI=1S/C17H23N5.2ClH/c18-15-6-1-4-13(10-15)11-21-8-2-5-14(12-21)17-20-19-16-7-3-9-22(16)17;;/h1,4,6,10,14H,2-3,5,7-9,11-12,18H2;2*1H. The molecular weight excluding hydrogens is 345 g/mol. The lowest BCUT2D eigenvalue weighted by molar-refractivity contribution is 0.194. The van der Waals surface area contributed by atoms with Gasteiger partial charge in [-0.2, -0.15) is 0 Å². The molecule has 24 heavy (non-hydrogen) atoms. The first-order valence-electron chi connectivity index (χ1n) is 8.28. The number of benzene rings is 1. The monoisotopic (exact) mass is 369 g/mol. The summed E-state index contributed by atoms with van der Waals surface area (Å²) < 4.78 is 2.36. The van der Waals surface area contributed by atoms with Crippen LogP contribution in [0.4, 0.5) is 5.69 Å². The van der Waals surface area contributed by atoms with Crippen molar-refractivity contribution in [2.24, 2.45) is 0 Å². The third kappa shape index (κ3) is 3.85. The number of nitrogens with zero attached hydrogens (tertiary/aromatic N) is 4. The van der Waals surface area contributed by atoms with Gasteiger partial charge in [-0.1, -0.05) is 12.1 Å². The van der Waals surface area contributed by atoms with E-state index in [0.29, 0.717) is 5.92 Å². The van der Waals surface area contributed by atoms with Gasteiger partial charge in [0.15, 0.2) is 0 Å². The maximum Gasteiger partial charge on any atom is 0.137 e. The lowest BCUT2D eigenvalue weighted by atomic mass is 9.96. The number of halogens is 2. The molecule has 5 nitrogen and oxygen atoms in total. The van der Waals surface area contributed by atoms with Crippen molar-refractivity contribution in [3.8, 4) is 0 Å². The smallest absolute Gasteiger partial charge is 0.137 e. The van der Waals surface area contributed by atoms with Gasteiger partial charge in [0.25, 0.3) is 0 Å². The number of nitrogen functional groups attached to an aromatic ring is 1. The second-order valence-corrected chi connectivity index (χ2v) is 6.55. The number of piperidine rings is 1. The number of likely N-dealkylation sites (tertiary alicyclic amines) is 1. The van der Waals surface area contributed by atoms with E-state index in [9.17, 15) is 0 Å². The zero-order chi connectivity index (χ0) is 14.9. The van der Waals surface area contributed by atoms with Crippen LogP contribution in [0.3, 0.4) is 0 Å². The van der Waals surface area contributed by atoms with Gasteiger partial charge in [-0.25, -0.2) is 0 Å². The average molecular weight is 370 g/mol. The molecule has 1 fully saturated rings. The highest BCUT2D eigenvalue weighted by atomic mass is 35.5. The van der Waals surface area contributed by atoms with E-state index in [4.69, 9.17) is 5.73 Å². The molecule has 1 unspecified atom stereocenters. The molecule has 0 aliphatic carbocycles. The molecule has 0 amide bonds. The van der Waals surface area contributed by atoms with Crippen molar-refractivity contribution >= 4 is 30.5 Å². The first kappa shape index (κ1) is 19.0. The molecule has 1 aromatic carbocycles. The number of aromatic nitrogens is 3. The first-order valence-corrected chi connectivity index (χ1v) is 8.28. The summed E-state index contributed by atoms with van der Waals surface area (Å²) in [5, 5.41) is 8.85. The van der Waals surface area contributed by atoms with Crippen LogP contribution in [0.15, 0.2) is 24.3 Å². The topological polar surface area (TPSA) is 60.0 Å². The van der Waals surface area contributed by atoms with Crippen LogP contribution in [-0.2, 0) is 19.5 Å². The SMILES string of the molecule is Cl.Cl.Nc1cccc(CN2CCCC(c3nnc4n3CCC4)C2)c1. The third-order valence-electron chi connectivity index (χ3n) is 4.87. The Labute approximate surface area is 155 Å². The molecule has 1 atom stereocenters. The van der Waals surface area contributed by atoms with Gasteiger partial charge in [0, 0.05) is 37.7 Å². The number of nitrogens with two attached hydrogens (primary N) is 1. The van der Waals surface area contributed by atoms with Crippen molar-refractivity contribution in [3.05, 3.63) is 41.5 Å². The van der Waals surface area contributed by atoms with E-state index in [0.717, 1.165) is 38.3 Å². The van der Waals surface area contributed by atoms with Crippen molar-refractivity contribution in [1.82, 2.24) is 19.7 Å². The van der Waals surface area contributed by atoms with E-state index >= 15 is 0 Å². The van der Waals surface area contributed by atoms with E-state index < -0.39 is 0 Å². The maximum atomic E-state index is 5.89. The van der Waals surface area contributed by atoms with Crippen LogP contribution in [0.1, 0.15) is 42.4 Å². The zero-order valence-electron chi connectivity index (χ0n) is 13.7. The lowest BCUT2D eigenvalue weighted by Gasteiger charge is -2.32. The molecule has 2 N–H and O–H groups in total.